The Hall–Kier alpha value is 2.96. The minimum atomic E-state index is -0.801. The Morgan fingerprint density at radius 3 is 0.327 bits per heavy atom. The van der Waals surface area contributed by atoms with Gasteiger partial charge in [0.25, 0.3) is 0 Å². The third-order valence-corrected chi connectivity index (χ3v) is 37.6. The van der Waals surface area contributed by atoms with Gasteiger partial charge in [-0.05, 0) is 166 Å². The summed E-state index contributed by atoms with van der Waals surface area (Å²) >= 11 is 0. The lowest BCUT2D eigenvalue weighted by atomic mass is 10.1. The van der Waals surface area contributed by atoms with Gasteiger partial charge in [0.1, 0.15) is 67.0 Å². The van der Waals surface area contributed by atoms with E-state index >= 15 is 0 Å². The molecule has 12 nitrogen and oxygen atoms in total. The molecule has 14 aliphatic heterocycles. The summed E-state index contributed by atoms with van der Waals surface area (Å²) in [6.07, 6.45) is 0. The molecular formula is C32H76N12P8. The summed E-state index contributed by atoms with van der Waals surface area (Å²) in [4.78, 5) is 17.9. The van der Waals surface area contributed by atoms with E-state index in [4.69, 9.17) is 0 Å². The molecule has 4 N–H and O–H groups in total. The third kappa shape index (κ3) is 8.34. The minimum absolute atomic E-state index is 0.0102. The fraction of sp³-hybridized carbons (Fsp3) is 1.00. The molecule has 0 saturated carbocycles. The number of hydrogen-bond donors (Lipinski definition) is 4. The van der Waals surface area contributed by atoms with E-state index < -0.39 is 67.0 Å². The largest absolute Gasteiger partial charge is 0.222 e. The molecule has 0 aromatic heterocycles. The fourth-order valence-corrected chi connectivity index (χ4v) is 37.7. The molecule has 0 radical (unpaired) electrons. The highest BCUT2D eigenvalue weighted by Gasteiger charge is 2.69. The quantitative estimate of drug-likeness (QED) is 0.175. The number of rotatable bonds is 0. The maximum Gasteiger partial charge on any atom is 0.135 e. The molecular weight excluding hydrogens is 800 g/mol. The van der Waals surface area contributed by atoms with Crippen molar-refractivity contribution in [3.8, 4) is 0 Å². The first-order chi connectivity index (χ1) is 22.9. The van der Waals surface area contributed by atoms with Gasteiger partial charge in [0.05, 0.1) is 0 Å². The summed E-state index contributed by atoms with van der Waals surface area (Å²) in [6, 6.07) is 0. The first-order valence-electron chi connectivity index (χ1n) is 18.8. The Morgan fingerprint density at radius 1 is 0.192 bits per heavy atom. The van der Waals surface area contributed by atoms with Crippen LogP contribution in [0.5, 0.6) is 0 Å². The molecule has 0 atom stereocenters. The van der Waals surface area contributed by atoms with Crippen molar-refractivity contribution in [2.45, 2.75) is 210 Å². The SMILES string of the molecule is CC(C)(C)N1P2NP3N(C(C)(C)C)P(NP4N(C(C)(C)C)P(NP5N(C(C)(C)C)P(NP1N2C(C)(C)C)N5C(C)(C)C)N4C(C)(C)C)N3C(C)(C)C. The second-order valence-electron chi connectivity index (χ2n) is 22.4. The second kappa shape index (κ2) is 14.3. The lowest BCUT2D eigenvalue weighted by Gasteiger charge is -2.73. The van der Waals surface area contributed by atoms with Crippen molar-refractivity contribution in [2.24, 2.45) is 0 Å². The van der Waals surface area contributed by atoms with Crippen molar-refractivity contribution in [2.75, 3.05) is 0 Å². The Morgan fingerprint density at radius 2 is 0.269 bits per heavy atom. The molecule has 14 aliphatic rings. The van der Waals surface area contributed by atoms with Crippen molar-refractivity contribution < 1.29 is 0 Å². The van der Waals surface area contributed by atoms with Gasteiger partial charge in [-0.2, -0.15) is 0 Å². The summed E-state index contributed by atoms with van der Waals surface area (Å²) in [6.45, 7) is 58.3. The molecule has 20 heteroatoms. The van der Waals surface area contributed by atoms with Crippen LogP contribution in [-0.4, -0.2) is 79.8 Å². The highest BCUT2D eigenvalue weighted by atomic mass is 31.3. The third-order valence-electron chi connectivity index (χ3n) is 8.39. The Bertz CT molecular complexity index is 994. The minimum Gasteiger partial charge on any atom is -0.222 e. The summed E-state index contributed by atoms with van der Waals surface area (Å²) in [7, 11) is -6.41. The van der Waals surface area contributed by atoms with E-state index in [2.05, 4.69) is 221 Å². The summed E-state index contributed by atoms with van der Waals surface area (Å²) in [5, 5.41) is 0. The molecule has 0 aliphatic carbocycles. The van der Waals surface area contributed by atoms with Crippen LogP contribution in [0.15, 0.2) is 0 Å². The molecule has 0 aromatic rings. The zero-order valence-electron chi connectivity index (χ0n) is 37.2. The number of hydrogen-bond acceptors (Lipinski definition) is 12. The average Bonchev–Trinajstić information content (AvgIpc) is 2.73. The molecule has 0 aromatic carbocycles. The van der Waals surface area contributed by atoms with Gasteiger partial charge in [-0.25, -0.2) is 55.0 Å². The second-order valence-corrected chi connectivity index (χ2v) is 39.2. The van der Waals surface area contributed by atoms with Gasteiger partial charge < -0.3 is 0 Å². The van der Waals surface area contributed by atoms with Crippen LogP contribution >= 0.6 is 67.0 Å². The van der Waals surface area contributed by atoms with E-state index in [-0.39, 0.29) is 44.3 Å². The zero-order chi connectivity index (χ0) is 40.1. The van der Waals surface area contributed by atoms with E-state index in [1.54, 1.807) is 0 Å². The Kier molecular flexibility index (Phi) is 12.6. The zero-order valence-corrected chi connectivity index (χ0v) is 44.3. The first kappa shape index (κ1) is 46.0. The van der Waals surface area contributed by atoms with Crippen molar-refractivity contribution >= 4 is 67.0 Å². The van der Waals surface area contributed by atoms with Crippen LogP contribution in [-0.2, 0) is 0 Å². The van der Waals surface area contributed by atoms with Gasteiger partial charge >= 0.3 is 0 Å². The summed E-state index contributed by atoms with van der Waals surface area (Å²) in [5.41, 5.74) is -0.0816. The number of nitrogens with one attached hydrogen (secondary N) is 4. The van der Waals surface area contributed by atoms with Gasteiger partial charge in [-0.3, -0.25) is 0 Å². The highest BCUT2D eigenvalue weighted by Crippen LogP contribution is 2.92. The lowest BCUT2D eigenvalue weighted by molar-refractivity contribution is 0.259. The van der Waals surface area contributed by atoms with Crippen LogP contribution in [0.25, 0.3) is 0 Å². The van der Waals surface area contributed by atoms with Crippen molar-refractivity contribution in [1.29, 1.82) is 0 Å². The van der Waals surface area contributed by atoms with E-state index in [1.165, 1.54) is 0 Å². The number of nitrogens with zero attached hydrogens (tertiary/aromatic N) is 8. The first-order valence-corrected chi connectivity index (χ1v) is 28.8. The smallest absolute Gasteiger partial charge is 0.135 e. The monoisotopic (exact) mass is 876 g/mol. The summed E-state index contributed by atoms with van der Waals surface area (Å²) < 4.78 is 22.9. The topological polar surface area (TPSA) is 74.0 Å². The lowest BCUT2D eigenvalue weighted by Crippen LogP contribution is -2.65. The Labute approximate surface area is 331 Å². The Balaban J connectivity index is 1.75. The van der Waals surface area contributed by atoms with Gasteiger partial charge in [0.15, 0.2) is 0 Å². The van der Waals surface area contributed by atoms with Crippen LogP contribution in [0, 0.1) is 0 Å². The fourth-order valence-electron chi connectivity index (χ4n) is 6.70. The van der Waals surface area contributed by atoms with Crippen LogP contribution in [0.2, 0.25) is 0 Å². The van der Waals surface area contributed by atoms with E-state index in [0.29, 0.717) is 0 Å². The van der Waals surface area contributed by atoms with Crippen molar-refractivity contribution in [1.82, 2.24) is 55.0 Å². The standard InChI is InChI=1S/C32H76N12P8/c1-25(2,3)37-45-33-47-39(27(7,8)9)49(40(47)28(10,11)12)35-51-43(31(19,20)21)52(44(51)32(22,23)24)36-50-41(29(13,14)15)48(42(50)30(16,17)18)34-46(37)38(45)26(4,5)6/h33-36H,1-24H3. The molecule has 0 spiro atoms. The average molecular weight is 877 g/mol. The van der Waals surface area contributed by atoms with Crippen LogP contribution in [0.4, 0.5) is 0 Å². The molecule has 304 valence electrons. The van der Waals surface area contributed by atoms with Crippen molar-refractivity contribution in [3.63, 3.8) is 0 Å². The molecule has 8 bridgehead atoms. The van der Waals surface area contributed by atoms with Gasteiger partial charge in [-0.1, -0.05) is 0 Å². The predicted octanol–water partition coefficient (Wildman–Crippen LogP) is 13.0. The van der Waals surface area contributed by atoms with Gasteiger partial charge in [-0.15, -0.1) is 0 Å². The van der Waals surface area contributed by atoms with E-state index in [9.17, 15) is 0 Å². The molecule has 14 fully saturated rings. The molecule has 52 heavy (non-hydrogen) atoms. The van der Waals surface area contributed by atoms with Gasteiger partial charge in [0, 0.05) is 44.3 Å². The molecule has 14 heterocycles. The maximum absolute atomic E-state index is 4.48. The summed E-state index contributed by atoms with van der Waals surface area (Å²) in [5.74, 6) is 0. The van der Waals surface area contributed by atoms with Crippen molar-refractivity contribution in [3.05, 3.63) is 0 Å². The normalized spacial score (nSPS) is 35.5. The highest BCUT2D eigenvalue weighted by molar-refractivity contribution is 7.96. The predicted molar refractivity (Wildman–Crippen MR) is 241 cm³/mol. The molecule has 14 saturated heterocycles. The van der Waals surface area contributed by atoms with E-state index in [1.807, 2.05) is 0 Å². The molecule has 0 unspecified atom stereocenters. The van der Waals surface area contributed by atoms with E-state index in [0.717, 1.165) is 0 Å². The molecule has 0 amide bonds. The molecule has 14 rings (SSSR count). The van der Waals surface area contributed by atoms with Gasteiger partial charge in [0.2, 0.25) is 0 Å². The van der Waals surface area contributed by atoms with Crippen LogP contribution < -0.4 is 19.4 Å². The van der Waals surface area contributed by atoms with Crippen LogP contribution in [0.1, 0.15) is 166 Å². The maximum atomic E-state index is 4.48. The van der Waals surface area contributed by atoms with Crippen LogP contribution in [0.3, 0.4) is 0 Å².